The van der Waals surface area contributed by atoms with Crippen molar-refractivity contribution in [3.8, 4) is 0 Å². The second-order valence-electron chi connectivity index (χ2n) is 6.01. The maximum atomic E-state index is 11.4. The van der Waals surface area contributed by atoms with Crippen LogP contribution in [0.15, 0.2) is 29.1 Å². The average Bonchev–Trinajstić information content (AvgIpc) is 2.59. The molecule has 0 saturated carbocycles. The maximum absolute atomic E-state index is 11.4. The molecule has 4 heteroatoms. The van der Waals surface area contributed by atoms with E-state index >= 15 is 0 Å². The molecule has 3 nitrogen and oxygen atoms in total. The van der Waals surface area contributed by atoms with E-state index in [1.807, 2.05) is 38.2 Å². The molecule has 0 radical (unpaired) electrons. The van der Waals surface area contributed by atoms with Gasteiger partial charge in [0.25, 0.3) is 5.56 Å². The minimum Gasteiger partial charge on any atom is -0.388 e. The summed E-state index contributed by atoms with van der Waals surface area (Å²) in [7, 11) is 1.85. The van der Waals surface area contributed by atoms with Crippen molar-refractivity contribution in [2.45, 2.75) is 52.9 Å². The summed E-state index contributed by atoms with van der Waals surface area (Å²) in [6, 6.07) is 7.80. The molecule has 0 bridgehead atoms. The van der Waals surface area contributed by atoms with Gasteiger partial charge in [-0.1, -0.05) is 39.2 Å². The van der Waals surface area contributed by atoms with Crippen LogP contribution in [0.3, 0.4) is 0 Å². The lowest BCUT2D eigenvalue weighted by molar-refractivity contribution is 0.706. The lowest BCUT2D eigenvalue weighted by atomic mass is 10.1. The fraction of sp³-hybridized carbons (Fsp3) is 0.550. The van der Waals surface area contributed by atoms with Crippen molar-refractivity contribution in [3.63, 3.8) is 0 Å². The van der Waals surface area contributed by atoms with Crippen LogP contribution in [0.4, 0.5) is 5.69 Å². The number of nitrogens with one attached hydrogen (secondary N) is 2. The third-order valence-electron chi connectivity index (χ3n) is 3.81. The number of aryl methyl sites for hydroxylation is 1. The number of fused-ring (bicyclic) bond motifs is 1. The predicted molar refractivity (Wildman–Crippen MR) is 111 cm³/mol. The van der Waals surface area contributed by atoms with Gasteiger partial charge >= 0.3 is 0 Å². The third-order valence-corrected chi connectivity index (χ3v) is 5.09. The first-order valence-electron chi connectivity index (χ1n) is 9.01. The Morgan fingerprint density at radius 3 is 2.50 bits per heavy atom. The van der Waals surface area contributed by atoms with Crippen molar-refractivity contribution >= 4 is 28.4 Å². The standard InChI is InChI=1S/C11H12N2O.C9H20S/c1-7-5-8-3-4-9(12-2)6-10(8)13-11(7)14;1-3-5-6-7-9-10-8-4-2/h3-6,12H,1-2H3,(H,13,14);3-9H2,1-2H3. The lowest BCUT2D eigenvalue weighted by Crippen LogP contribution is -2.08. The van der Waals surface area contributed by atoms with Crippen molar-refractivity contribution < 1.29 is 0 Å². The molecule has 0 atom stereocenters. The quantitative estimate of drug-likeness (QED) is 0.611. The largest absolute Gasteiger partial charge is 0.388 e. The van der Waals surface area contributed by atoms with Crippen molar-refractivity contribution in [1.82, 2.24) is 4.98 Å². The van der Waals surface area contributed by atoms with Crippen molar-refractivity contribution in [2.24, 2.45) is 0 Å². The number of H-pyrrole nitrogens is 1. The number of hydrogen-bond donors (Lipinski definition) is 2. The smallest absolute Gasteiger partial charge is 0.251 e. The van der Waals surface area contributed by atoms with Crippen LogP contribution in [0.5, 0.6) is 0 Å². The van der Waals surface area contributed by atoms with E-state index in [2.05, 4.69) is 35.9 Å². The number of rotatable bonds is 8. The summed E-state index contributed by atoms with van der Waals surface area (Å²) in [6.45, 7) is 6.32. The summed E-state index contributed by atoms with van der Waals surface area (Å²) in [5.74, 6) is 2.74. The molecule has 0 amide bonds. The Morgan fingerprint density at radius 2 is 1.83 bits per heavy atom. The molecule has 0 saturated heterocycles. The zero-order valence-corrected chi connectivity index (χ0v) is 16.4. The highest BCUT2D eigenvalue weighted by atomic mass is 32.2. The average molecular weight is 349 g/mol. The van der Waals surface area contributed by atoms with Gasteiger partial charge < -0.3 is 10.3 Å². The molecule has 24 heavy (non-hydrogen) atoms. The zero-order valence-electron chi connectivity index (χ0n) is 15.6. The molecule has 0 aliphatic heterocycles. The predicted octanol–water partition coefficient (Wildman–Crippen LogP) is 5.59. The second kappa shape index (κ2) is 12.0. The van der Waals surface area contributed by atoms with Crippen LogP contribution in [0.25, 0.3) is 10.9 Å². The molecule has 0 unspecified atom stereocenters. The van der Waals surface area contributed by atoms with Crippen LogP contribution in [-0.4, -0.2) is 23.5 Å². The number of benzene rings is 1. The Bertz CT molecular complexity index is 644. The number of aromatic amines is 1. The first-order chi connectivity index (χ1) is 11.6. The first kappa shape index (κ1) is 20.6. The minimum atomic E-state index is -0.0225. The number of anilines is 1. The Labute approximate surface area is 150 Å². The van der Waals surface area contributed by atoms with Gasteiger partial charge in [-0.05, 0) is 54.9 Å². The Hall–Kier alpha value is -1.42. The van der Waals surface area contributed by atoms with Crippen LogP contribution >= 0.6 is 11.8 Å². The summed E-state index contributed by atoms with van der Waals surface area (Å²) in [5.41, 5.74) is 2.59. The normalized spacial score (nSPS) is 10.3. The molecule has 0 fully saturated rings. The number of unbranched alkanes of at least 4 members (excludes halogenated alkanes) is 3. The second-order valence-corrected chi connectivity index (χ2v) is 7.23. The summed E-state index contributed by atoms with van der Waals surface area (Å²) >= 11 is 2.10. The number of pyridine rings is 1. The van der Waals surface area contributed by atoms with Crippen molar-refractivity contribution in [2.75, 3.05) is 23.9 Å². The highest BCUT2D eigenvalue weighted by molar-refractivity contribution is 7.99. The fourth-order valence-corrected chi connectivity index (χ4v) is 3.24. The Morgan fingerprint density at radius 1 is 1.04 bits per heavy atom. The number of aromatic nitrogens is 1. The maximum Gasteiger partial charge on any atom is 0.251 e. The Kier molecular flexibility index (Phi) is 10.3. The molecule has 134 valence electrons. The van der Waals surface area contributed by atoms with E-state index in [4.69, 9.17) is 0 Å². The third kappa shape index (κ3) is 7.43. The van der Waals surface area contributed by atoms with Crippen LogP contribution < -0.4 is 10.9 Å². The van der Waals surface area contributed by atoms with Crippen LogP contribution in [-0.2, 0) is 0 Å². The fourth-order valence-electron chi connectivity index (χ4n) is 2.34. The number of hydrogen-bond acceptors (Lipinski definition) is 3. The van der Waals surface area contributed by atoms with E-state index in [0.717, 1.165) is 22.2 Å². The summed E-state index contributed by atoms with van der Waals surface area (Å²) in [6.07, 6.45) is 6.98. The topological polar surface area (TPSA) is 44.9 Å². The highest BCUT2D eigenvalue weighted by Gasteiger charge is 1.98. The van der Waals surface area contributed by atoms with E-state index < -0.39 is 0 Å². The van der Waals surface area contributed by atoms with Crippen molar-refractivity contribution in [1.29, 1.82) is 0 Å². The molecule has 0 aliphatic rings. The van der Waals surface area contributed by atoms with E-state index in [0.29, 0.717) is 0 Å². The molecule has 1 aromatic carbocycles. The molecule has 2 aromatic rings. The van der Waals surface area contributed by atoms with Gasteiger partial charge in [-0.15, -0.1) is 0 Å². The minimum absolute atomic E-state index is 0.0225. The molecular formula is C20H32N2OS. The van der Waals surface area contributed by atoms with Gasteiger partial charge in [-0.2, -0.15) is 11.8 Å². The van der Waals surface area contributed by atoms with E-state index in [9.17, 15) is 4.79 Å². The van der Waals surface area contributed by atoms with Gasteiger partial charge in [0.15, 0.2) is 0 Å². The summed E-state index contributed by atoms with van der Waals surface area (Å²) < 4.78 is 0. The van der Waals surface area contributed by atoms with Crippen LogP contribution in [0.2, 0.25) is 0 Å². The molecule has 2 N–H and O–H groups in total. The highest BCUT2D eigenvalue weighted by Crippen LogP contribution is 2.16. The van der Waals surface area contributed by atoms with Crippen LogP contribution in [0.1, 0.15) is 51.5 Å². The first-order valence-corrected chi connectivity index (χ1v) is 10.2. The molecule has 2 rings (SSSR count). The summed E-state index contributed by atoms with van der Waals surface area (Å²) in [5, 5.41) is 4.09. The van der Waals surface area contributed by atoms with E-state index in [-0.39, 0.29) is 5.56 Å². The van der Waals surface area contributed by atoms with E-state index in [1.165, 1.54) is 43.6 Å². The van der Waals surface area contributed by atoms with Gasteiger partial charge in [0.2, 0.25) is 0 Å². The van der Waals surface area contributed by atoms with Gasteiger partial charge in [0.05, 0.1) is 5.52 Å². The molecular weight excluding hydrogens is 316 g/mol. The molecule has 1 aromatic heterocycles. The number of thioether (sulfide) groups is 1. The Balaban J connectivity index is 0.000000257. The van der Waals surface area contributed by atoms with Crippen LogP contribution in [0, 0.1) is 6.92 Å². The lowest BCUT2D eigenvalue weighted by Gasteiger charge is -2.03. The van der Waals surface area contributed by atoms with Crippen molar-refractivity contribution in [3.05, 3.63) is 40.2 Å². The van der Waals surface area contributed by atoms with Gasteiger partial charge in [0.1, 0.15) is 0 Å². The van der Waals surface area contributed by atoms with Gasteiger partial charge in [0, 0.05) is 18.3 Å². The van der Waals surface area contributed by atoms with E-state index in [1.54, 1.807) is 0 Å². The van der Waals surface area contributed by atoms with Gasteiger partial charge in [-0.25, -0.2) is 0 Å². The monoisotopic (exact) mass is 348 g/mol. The zero-order chi connectivity index (χ0) is 17.8. The molecule has 0 spiro atoms. The molecule has 1 heterocycles. The summed E-state index contributed by atoms with van der Waals surface area (Å²) in [4.78, 5) is 14.2. The van der Waals surface area contributed by atoms with Gasteiger partial charge in [-0.3, -0.25) is 4.79 Å². The molecule has 0 aliphatic carbocycles. The SMILES string of the molecule is CCCCCCSCCC.CNc1ccc2cc(C)c(=O)[nH]c2c1.